The highest BCUT2D eigenvalue weighted by atomic mass is 16.2. The Morgan fingerprint density at radius 2 is 2.29 bits per heavy atom. The fourth-order valence-corrected chi connectivity index (χ4v) is 2.67. The largest absolute Gasteiger partial charge is 0.347 e. The molecule has 1 saturated carbocycles. The molecule has 94 valence electrons. The number of nitrogens with zero attached hydrogens (tertiary/aromatic N) is 1. The van der Waals surface area contributed by atoms with E-state index in [1.165, 1.54) is 25.7 Å². The second-order valence-corrected chi connectivity index (χ2v) is 4.86. The standard InChI is InChI=1S/C13H21N3O/c1-16-8-4-7-12(16)13(17)15-11(9-14)10-5-2-3-6-10/h4,7-8,10-11H,2-3,5-6,9,14H2,1H3,(H,15,17). The molecule has 0 bridgehead atoms. The summed E-state index contributed by atoms with van der Waals surface area (Å²) in [5.41, 5.74) is 6.47. The van der Waals surface area contributed by atoms with E-state index >= 15 is 0 Å². The number of nitrogens with one attached hydrogen (secondary N) is 1. The van der Waals surface area contributed by atoms with Crippen molar-refractivity contribution in [1.82, 2.24) is 9.88 Å². The average Bonchev–Trinajstić information content (AvgIpc) is 2.96. The molecular weight excluding hydrogens is 214 g/mol. The molecule has 2 rings (SSSR count). The zero-order valence-corrected chi connectivity index (χ0v) is 10.4. The molecule has 1 aromatic heterocycles. The van der Waals surface area contributed by atoms with Crippen LogP contribution in [-0.4, -0.2) is 23.1 Å². The molecule has 0 aromatic carbocycles. The van der Waals surface area contributed by atoms with Crippen LogP contribution >= 0.6 is 0 Å². The maximum absolute atomic E-state index is 12.1. The fraction of sp³-hybridized carbons (Fsp3) is 0.615. The minimum Gasteiger partial charge on any atom is -0.347 e. The van der Waals surface area contributed by atoms with Gasteiger partial charge in [-0.1, -0.05) is 12.8 Å². The van der Waals surface area contributed by atoms with E-state index in [-0.39, 0.29) is 11.9 Å². The van der Waals surface area contributed by atoms with Crippen molar-refractivity contribution in [3.63, 3.8) is 0 Å². The Morgan fingerprint density at radius 3 is 2.82 bits per heavy atom. The van der Waals surface area contributed by atoms with Crippen molar-refractivity contribution < 1.29 is 4.79 Å². The predicted octanol–water partition coefficient (Wildman–Crippen LogP) is 1.27. The molecule has 1 aliphatic rings. The number of carbonyl (C=O) groups excluding carboxylic acids is 1. The van der Waals surface area contributed by atoms with Crippen LogP contribution in [0.4, 0.5) is 0 Å². The summed E-state index contributed by atoms with van der Waals surface area (Å²) in [6.45, 7) is 0.529. The Balaban J connectivity index is 1.99. The Hall–Kier alpha value is -1.29. The van der Waals surface area contributed by atoms with Crippen molar-refractivity contribution in [2.45, 2.75) is 31.7 Å². The summed E-state index contributed by atoms with van der Waals surface area (Å²) in [4.78, 5) is 12.1. The van der Waals surface area contributed by atoms with Gasteiger partial charge in [0.15, 0.2) is 0 Å². The second kappa shape index (κ2) is 5.36. The predicted molar refractivity (Wildman–Crippen MR) is 67.7 cm³/mol. The number of nitrogens with two attached hydrogens (primary N) is 1. The Morgan fingerprint density at radius 1 is 1.59 bits per heavy atom. The van der Waals surface area contributed by atoms with Gasteiger partial charge in [-0.3, -0.25) is 4.79 Å². The number of carbonyl (C=O) groups is 1. The molecule has 4 heteroatoms. The summed E-state index contributed by atoms with van der Waals surface area (Å²) in [6, 6.07) is 3.83. The van der Waals surface area contributed by atoms with Crippen molar-refractivity contribution in [2.24, 2.45) is 18.7 Å². The fourth-order valence-electron chi connectivity index (χ4n) is 2.67. The number of rotatable bonds is 4. The monoisotopic (exact) mass is 235 g/mol. The third-order valence-electron chi connectivity index (χ3n) is 3.72. The number of hydrogen-bond donors (Lipinski definition) is 2. The number of amides is 1. The van der Waals surface area contributed by atoms with E-state index in [9.17, 15) is 4.79 Å². The van der Waals surface area contributed by atoms with Gasteiger partial charge in [0.25, 0.3) is 5.91 Å². The van der Waals surface area contributed by atoms with Crippen LogP contribution in [0, 0.1) is 5.92 Å². The first kappa shape index (κ1) is 12.2. The van der Waals surface area contributed by atoms with Crippen LogP contribution in [0.3, 0.4) is 0 Å². The first-order chi connectivity index (χ1) is 8.22. The summed E-state index contributed by atoms with van der Waals surface area (Å²) in [5, 5.41) is 3.07. The van der Waals surface area contributed by atoms with Crippen molar-refractivity contribution in [3.8, 4) is 0 Å². The molecule has 0 spiro atoms. The number of aromatic nitrogens is 1. The lowest BCUT2D eigenvalue weighted by Gasteiger charge is -2.23. The van der Waals surface area contributed by atoms with E-state index in [0.29, 0.717) is 18.2 Å². The normalized spacial score (nSPS) is 18.2. The van der Waals surface area contributed by atoms with E-state index in [2.05, 4.69) is 5.32 Å². The highest BCUT2D eigenvalue weighted by molar-refractivity contribution is 5.92. The molecule has 0 saturated heterocycles. The molecule has 3 N–H and O–H groups in total. The summed E-state index contributed by atoms with van der Waals surface area (Å²) < 4.78 is 1.83. The van der Waals surface area contributed by atoms with E-state index < -0.39 is 0 Å². The zero-order valence-electron chi connectivity index (χ0n) is 10.4. The highest BCUT2D eigenvalue weighted by Gasteiger charge is 2.25. The minimum atomic E-state index is -0.0140. The van der Waals surface area contributed by atoms with Crippen molar-refractivity contribution in [2.75, 3.05) is 6.54 Å². The number of aryl methyl sites for hydroxylation is 1. The van der Waals surface area contributed by atoms with Crippen molar-refractivity contribution in [1.29, 1.82) is 0 Å². The van der Waals surface area contributed by atoms with Crippen LogP contribution in [0.5, 0.6) is 0 Å². The lowest BCUT2D eigenvalue weighted by molar-refractivity contribution is 0.0916. The van der Waals surface area contributed by atoms with Crippen LogP contribution < -0.4 is 11.1 Å². The molecular formula is C13H21N3O. The van der Waals surface area contributed by atoms with Gasteiger partial charge in [-0.25, -0.2) is 0 Å². The molecule has 1 amide bonds. The summed E-state index contributed by atoms with van der Waals surface area (Å²) in [6.07, 6.45) is 6.79. The molecule has 1 aliphatic carbocycles. The first-order valence-electron chi connectivity index (χ1n) is 6.34. The lowest BCUT2D eigenvalue weighted by atomic mass is 9.98. The first-order valence-corrected chi connectivity index (χ1v) is 6.34. The van der Waals surface area contributed by atoms with E-state index in [4.69, 9.17) is 5.73 Å². The third-order valence-corrected chi connectivity index (χ3v) is 3.72. The maximum atomic E-state index is 12.1. The van der Waals surface area contributed by atoms with Gasteiger partial charge in [-0.15, -0.1) is 0 Å². The van der Waals surface area contributed by atoms with Gasteiger partial charge in [-0.2, -0.15) is 0 Å². The molecule has 1 heterocycles. The quantitative estimate of drug-likeness (QED) is 0.825. The Kier molecular flexibility index (Phi) is 3.84. The van der Waals surface area contributed by atoms with Gasteiger partial charge >= 0.3 is 0 Å². The molecule has 1 fully saturated rings. The number of hydrogen-bond acceptors (Lipinski definition) is 2. The van der Waals surface area contributed by atoms with Crippen LogP contribution in [0.2, 0.25) is 0 Å². The molecule has 1 atom stereocenters. The van der Waals surface area contributed by atoms with Gasteiger partial charge in [0.05, 0.1) is 0 Å². The van der Waals surface area contributed by atoms with Gasteiger partial charge in [0.1, 0.15) is 5.69 Å². The molecule has 0 aliphatic heterocycles. The molecule has 0 radical (unpaired) electrons. The smallest absolute Gasteiger partial charge is 0.268 e. The molecule has 1 aromatic rings. The Labute approximate surface area is 102 Å². The average molecular weight is 235 g/mol. The maximum Gasteiger partial charge on any atom is 0.268 e. The summed E-state index contributed by atoms with van der Waals surface area (Å²) in [5.74, 6) is 0.545. The zero-order chi connectivity index (χ0) is 12.3. The SMILES string of the molecule is Cn1cccc1C(=O)NC(CN)C1CCCC1. The van der Waals surface area contributed by atoms with Gasteiger partial charge < -0.3 is 15.6 Å². The lowest BCUT2D eigenvalue weighted by Crippen LogP contribution is -2.45. The second-order valence-electron chi connectivity index (χ2n) is 4.86. The minimum absolute atomic E-state index is 0.0140. The van der Waals surface area contributed by atoms with Crippen LogP contribution in [0.15, 0.2) is 18.3 Å². The molecule has 17 heavy (non-hydrogen) atoms. The Bertz CT molecular complexity index is 380. The van der Waals surface area contributed by atoms with E-state index in [1.54, 1.807) is 0 Å². The highest BCUT2D eigenvalue weighted by Crippen LogP contribution is 2.27. The summed E-state index contributed by atoms with van der Waals surface area (Å²) >= 11 is 0. The topological polar surface area (TPSA) is 60.0 Å². The van der Waals surface area contributed by atoms with Crippen molar-refractivity contribution in [3.05, 3.63) is 24.0 Å². The van der Waals surface area contributed by atoms with Crippen molar-refractivity contribution >= 4 is 5.91 Å². The van der Waals surface area contributed by atoms with Crippen LogP contribution in [-0.2, 0) is 7.05 Å². The van der Waals surface area contributed by atoms with Gasteiger partial charge in [-0.05, 0) is 30.9 Å². The van der Waals surface area contributed by atoms with Gasteiger partial charge in [0, 0.05) is 25.8 Å². The van der Waals surface area contributed by atoms with Crippen LogP contribution in [0.25, 0.3) is 0 Å². The molecule has 1 unspecified atom stereocenters. The molecule has 4 nitrogen and oxygen atoms in total. The third kappa shape index (κ3) is 2.69. The van der Waals surface area contributed by atoms with Gasteiger partial charge in [0.2, 0.25) is 0 Å². The summed E-state index contributed by atoms with van der Waals surface area (Å²) in [7, 11) is 1.88. The van der Waals surface area contributed by atoms with Crippen LogP contribution in [0.1, 0.15) is 36.2 Å². The van der Waals surface area contributed by atoms with E-state index in [1.807, 2.05) is 29.9 Å². The van der Waals surface area contributed by atoms with E-state index in [0.717, 1.165) is 0 Å².